The molecule has 0 fully saturated rings. The Bertz CT molecular complexity index is 852. The van der Waals surface area contributed by atoms with Crippen molar-refractivity contribution in [2.24, 2.45) is 4.99 Å². The fourth-order valence-electron chi connectivity index (χ4n) is 2.73. The van der Waals surface area contributed by atoms with Crippen LogP contribution < -0.4 is 20.1 Å². The molecule has 30 heavy (non-hydrogen) atoms. The van der Waals surface area contributed by atoms with Crippen LogP contribution in [0.25, 0.3) is 0 Å². The van der Waals surface area contributed by atoms with Crippen molar-refractivity contribution in [3.63, 3.8) is 0 Å². The first-order valence-electron chi connectivity index (χ1n) is 9.29. The van der Waals surface area contributed by atoms with Crippen LogP contribution in [0.5, 0.6) is 11.5 Å². The van der Waals surface area contributed by atoms with Crippen molar-refractivity contribution >= 4 is 53.1 Å². The lowest BCUT2D eigenvalue weighted by Gasteiger charge is -2.19. The molecule has 2 aromatic carbocycles. The van der Waals surface area contributed by atoms with Gasteiger partial charge in [-0.15, -0.1) is 24.0 Å². The van der Waals surface area contributed by atoms with Gasteiger partial charge in [0, 0.05) is 6.54 Å². The summed E-state index contributed by atoms with van der Waals surface area (Å²) in [6.45, 7) is 4.84. The van der Waals surface area contributed by atoms with Crippen LogP contribution in [0.15, 0.2) is 41.4 Å². The minimum Gasteiger partial charge on any atom is -0.493 e. The zero-order valence-electron chi connectivity index (χ0n) is 17.4. The van der Waals surface area contributed by atoms with E-state index in [1.807, 2.05) is 26.0 Å². The molecule has 0 spiro atoms. The van der Waals surface area contributed by atoms with E-state index in [1.54, 1.807) is 38.5 Å². The predicted octanol–water partition coefficient (Wildman–Crippen LogP) is 4.98. The Morgan fingerprint density at radius 3 is 2.30 bits per heavy atom. The molecule has 2 atom stereocenters. The molecule has 0 aliphatic rings. The van der Waals surface area contributed by atoms with Gasteiger partial charge in [-0.2, -0.15) is 0 Å². The minimum absolute atomic E-state index is 0. The Morgan fingerprint density at radius 1 is 1.03 bits per heavy atom. The molecule has 0 radical (unpaired) electrons. The van der Waals surface area contributed by atoms with Crippen LogP contribution >= 0.6 is 47.2 Å². The number of benzene rings is 2. The third-order valence-corrected chi connectivity index (χ3v) is 5.09. The number of hydrogen-bond donors (Lipinski definition) is 3. The van der Waals surface area contributed by atoms with E-state index >= 15 is 0 Å². The van der Waals surface area contributed by atoms with Crippen LogP contribution in [-0.4, -0.2) is 38.4 Å². The second-order valence-electron chi connectivity index (χ2n) is 6.39. The van der Waals surface area contributed by atoms with E-state index in [2.05, 4.69) is 15.6 Å². The van der Waals surface area contributed by atoms with Crippen LogP contribution in [0.2, 0.25) is 10.0 Å². The summed E-state index contributed by atoms with van der Waals surface area (Å²) in [5.74, 6) is 1.76. The van der Waals surface area contributed by atoms with Crippen LogP contribution in [0.4, 0.5) is 0 Å². The molecule has 0 bridgehead atoms. The molecule has 166 valence electrons. The molecule has 9 heteroatoms. The second-order valence-corrected chi connectivity index (χ2v) is 7.20. The molecule has 3 N–H and O–H groups in total. The molecule has 0 aliphatic heterocycles. The molecule has 6 nitrogen and oxygen atoms in total. The number of hydrogen-bond acceptors (Lipinski definition) is 4. The maximum absolute atomic E-state index is 10.5. The van der Waals surface area contributed by atoms with E-state index in [4.69, 9.17) is 32.7 Å². The van der Waals surface area contributed by atoms with Gasteiger partial charge in [-0.1, -0.05) is 35.3 Å². The number of nitrogens with one attached hydrogen (secondary N) is 2. The summed E-state index contributed by atoms with van der Waals surface area (Å²) >= 11 is 12.1. The quantitative estimate of drug-likeness (QED) is 0.238. The molecule has 0 saturated carbocycles. The number of methoxy groups -OCH3 is 2. The zero-order valence-corrected chi connectivity index (χ0v) is 21.3. The summed E-state index contributed by atoms with van der Waals surface area (Å²) < 4.78 is 10.5. The van der Waals surface area contributed by atoms with Crippen molar-refractivity contribution < 1.29 is 14.6 Å². The van der Waals surface area contributed by atoms with Crippen molar-refractivity contribution in [3.8, 4) is 11.5 Å². The number of nitrogens with zero attached hydrogens (tertiary/aromatic N) is 1. The van der Waals surface area contributed by atoms with E-state index < -0.39 is 6.10 Å². The molecule has 0 aliphatic carbocycles. The van der Waals surface area contributed by atoms with Gasteiger partial charge < -0.3 is 25.2 Å². The van der Waals surface area contributed by atoms with E-state index in [1.165, 1.54) is 0 Å². The summed E-state index contributed by atoms with van der Waals surface area (Å²) in [6.07, 6.45) is -0.787. The van der Waals surface area contributed by atoms with E-state index in [0.717, 1.165) is 5.56 Å². The largest absolute Gasteiger partial charge is 0.493 e. The van der Waals surface area contributed by atoms with Crippen molar-refractivity contribution in [1.29, 1.82) is 0 Å². The van der Waals surface area contributed by atoms with Gasteiger partial charge in [0.25, 0.3) is 0 Å². The maximum atomic E-state index is 10.5. The fraction of sp³-hybridized carbons (Fsp3) is 0.381. The number of ether oxygens (including phenoxy) is 2. The lowest BCUT2D eigenvalue weighted by atomic mass is 10.1. The number of rotatable bonds is 8. The van der Waals surface area contributed by atoms with Crippen molar-refractivity contribution in [3.05, 3.63) is 57.6 Å². The summed E-state index contributed by atoms with van der Waals surface area (Å²) in [6, 6.07) is 10.7. The summed E-state index contributed by atoms with van der Waals surface area (Å²) in [7, 11) is 3.13. The number of halogens is 3. The van der Waals surface area contributed by atoms with Gasteiger partial charge in [-0.3, -0.25) is 4.99 Å². The maximum Gasteiger partial charge on any atom is 0.191 e. The van der Waals surface area contributed by atoms with E-state index in [0.29, 0.717) is 39.6 Å². The highest BCUT2D eigenvalue weighted by Crippen LogP contribution is 2.30. The molecule has 0 aromatic heterocycles. The summed E-state index contributed by atoms with van der Waals surface area (Å²) in [5, 5.41) is 18.1. The van der Waals surface area contributed by atoms with Crippen LogP contribution in [-0.2, 0) is 0 Å². The monoisotopic (exact) mass is 567 g/mol. The molecule has 2 aromatic rings. The highest BCUT2D eigenvalue weighted by molar-refractivity contribution is 14.0. The molecule has 0 heterocycles. The lowest BCUT2D eigenvalue weighted by Crippen LogP contribution is -2.39. The first-order chi connectivity index (χ1) is 13.9. The SMILES string of the molecule is CCNC(=NCC(O)c1ccc(OC)c(OC)c1)NC(C)c1ccc(Cl)c(Cl)c1.I. The predicted molar refractivity (Wildman–Crippen MR) is 134 cm³/mol. The average molecular weight is 568 g/mol. The minimum atomic E-state index is -0.787. The summed E-state index contributed by atoms with van der Waals surface area (Å²) in [5.41, 5.74) is 1.67. The zero-order chi connectivity index (χ0) is 21.4. The van der Waals surface area contributed by atoms with Gasteiger partial charge in [-0.05, 0) is 49.2 Å². The smallest absolute Gasteiger partial charge is 0.191 e. The van der Waals surface area contributed by atoms with Crippen LogP contribution in [0.3, 0.4) is 0 Å². The van der Waals surface area contributed by atoms with Gasteiger partial charge >= 0.3 is 0 Å². The highest BCUT2D eigenvalue weighted by atomic mass is 127. The van der Waals surface area contributed by atoms with Crippen LogP contribution in [0, 0.1) is 0 Å². The van der Waals surface area contributed by atoms with Crippen LogP contribution in [0.1, 0.15) is 37.1 Å². The number of aliphatic hydroxyl groups excluding tert-OH is 1. The Morgan fingerprint density at radius 2 is 1.70 bits per heavy atom. The molecule has 2 rings (SSSR count). The van der Waals surface area contributed by atoms with Crippen molar-refractivity contribution in [2.75, 3.05) is 27.3 Å². The van der Waals surface area contributed by atoms with Gasteiger partial charge in [0.15, 0.2) is 17.5 Å². The standard InChI is InChI=1S/C21H27Cl2N3O3.HI/c1-5-24-21(26-13(2)14-6-8-16(22)17(23)10-14)25-12-18(27)15-7-9-19(28-3)20(11-15)29-4;/h6-11,13,18,27H,5,12H2,1-4H3,(H2,24,25,26);1H. The number of aliphatic hydroxyl groups is 1. The lowest BCUT2D eigenvalue weighted by molar-refractivity contribution is 0.186. The first kappa shape index (κ1) is 26.6. The number of aliphatic imine (C=N–C) groups is 1. The number of guanidine groups is 1. The highest BCUT2D eigenvalue weighted by Gasteiger charge is 2.13. The fourth-order valence-corrected chi connectivity index (χ4v) is 3.04. The normalized spacial score (nSPS) is 13.1. The van der Waals surface area contributed by atoms with Crippen molar-refractivity contribution in [1.82, 2.24) is 10.6 Å². The van der Waals surface area contributed by atoms with E-state index in [-0.39, 0.29) is 36.6 Å². The van der Waals surface area contributed by atoms with Gasteiger partial charge in [0.2, 0.25) is 0 Å². The molecule has 2 unspecified atom stereocenters. The topological polar surface area (TPSA) is 75.1 Å². The Balaban J connectivity index is 0.00000450. The molecule has 0 saturated heterocycles. The van der Waals surface area contributed by atoms with Gasteiger partial charge in [0.05, 0.1) is 43.0 Å². The van der Waals surface area contributed by atoms with Gasteiger partial charge in [-0.25, -0.2) is 0 Å². The van der Waals surface area contributed by atoms with Crippen molar-refractivity contribution in [2.45, 2.75) is 26.0 Å². The molecule has 0 amide bonds. The summed E-state index contributed by atoms with van der Waals surface area (Å²) in [4.78, 5) is 4.51. The Hall–Kier alpha value is -1.42. The van der Waals surface area contributed by atoms with Gasteiger partial charge in [0.1, 0.15) is 0 Å². The third-order valence-electron chi connectivity index (χ3n) is 4.36. The molecular weight excluding hydrogens is 540 g/mol. The Labute approximate surface area is 205 Å². The average Bonchev–Trinajstić information content (AvgIpc) is 2.73. The molecular formula is C21H28Cl2IN3O3. The second kappa shape index (κ2) is 13.1. The first-order valence-corrected chi connectivity index (χ1v) is 10.0. The Kier molecular flexibility index (Phi) is 11.6. The third kappa shape index (κ3) is 7.37. The van der Waals surface area contributed by atoms with E-state index in [9.17, 15) is 5.11 Å².